The Labute approximate surface area is 99.8 Å². The van der Waals surface area contributed by atoms with E-state index in [1.807, 2.05) is 0 Å². The molecule has 17 heavy (non-hydrogen) atoms. The van der Waals surface area contributed by atoms with E-state index in [1.54, 1.807) is 4.90 Å². The van der Waals surface area contributed by atoms with Crippen molar-refractivity contribution in [2.75, 3.05) is 40.0 Å². The summed E-state index contributed by atoms with van der Waals surface area (Å²) in [6.07, 6.45) is 0.110. The number of hydrogen-bond donors (Lipinski definition) is 0. The van der Waals surface area contributed by atoms with Gasteiger partial charge in [0.15, 0.2) is 6.10 Å². The molecule has 2 aliphatic heterocycles. The summed E-state index contributed by atoms with van der Waals surface area (Å²) in [5, 5.41) is 0. The SMILES string of the molecule is COC(=O)C1CN(C(=O)C2CCOC2)CCO1. The third kappa shape index (κ3) is 2.76. The molecule has 96 valence electrons. The van der Waals surface area contributed by atoms with Crippen LogP contribution in [-0.4, -0.2) is 62.9 Å². The fourth-order valence-corrected chi connectivity index (χ4v) is 2.11. The van der Waals surface area contributed by atoms with Crippen molar-refractivity contribution in [2.45, 2.75) is 12.5 Å². The standard InChI is InChI=1S/C11H17NO5/c1-15-11(14)9-6-12(3-5-17-9)10(13)8-2-4-16-7-8/h8-9H,2-7H2,1H3. The monoisotopic (exact) mass is 243 g/mol. The molecule has 2 saturated heterocycles. The highest BCUT2D eigenvalue weighted by Gasteiger charge is 2.34. The van der Waals surface area contributed by atoms with Crippen LogP contribution in [0, 0.1) is 5.92 Å². The smallest absolute Gasteiger partial charge is 0.336 e. The van der Waals surface area contributed by atoms with Crippen LogP contribution in [0.4, 0.5) is 0 Å². The van der Waals surface area contributed by atoms with Crippen molar-refractivity contribution in [3.05, 3.63) is 0 Å². The Bertz CT molecular complexity index is 300. The van der Waals surface area contributed by atoms with E-state index in [4.69, 9.17) is 9.47 Å². The van der Waals surface area contributed by atoms with Crippen molar-refractivity contribution in [3.63, 3.8) is 0 Å². The van der Waals surface area contributed by atoms with Gasteiger partial charge in [-0.15, -0.1) is 0 Å². The van der Waals surface area contributed by atoms with Crippen molar-refractivity contribution in [3.8, 4) is 0 Å². The zero-order valence-corrected chi connectivity index (χ0v) is 9.89. The molecule has 6 heteroatoms. The maximum Gasteiger partial charge on any atom is 0.336 e. The lowest BCUT2D eigenvalue weighted by molar-refractivity contribution is -0.163. The van der Waals surface area contributed by atoms with Gasteiger partial charge >= 0.3 is 5.97 Å². The van der Waals surface area contributed by atoms with Crippen LogP contribution in [0.25, 0.3) is 0 Å². The first kappa shape index (κ1) is 12.3. The highest BCUT2D eigenvalue weighted by molar-refractivity contribution is 5.81. The Balaban J connectivity index is 1.92. The van der Waals surface area contributed by atoms with Gasteiger partial charge < -0.3 is 19.1 Å². The van der Waals surface area contributed by atoms with Crippen LogP contribution < -0.4 is 0 Å². The van der Waals surface area contributed by atoms with Crippen molar-refractivity contribution in [1.29, 1.82) is 0 Å². The molecule has 0 spiro atoms. The van der Waals surface area contributed by atoms with E-state index < -0.39 is 12.1 Å². The molecular weight excluding hydrogens is 226 g/mol. The summed E-state index contributed by atoms with van der Waals surface area (Å²) >= 11 is 0. The van der Waals surface area contributed by atoms with Crippen LogP contribution in [-0.2, 0) is 23.8 Å². The largest absolute Gasteiger partial charge is 0.467 e. The van der Waals surface area contributed by atoms with Gasteiger partial charge in [0.1, 0.15) is 0 Å². The summed E-state index contributed by atoms with van der Waals surface area (Å²) in [5.41, 5.74) is 0. The quantitative estimate of drug-likeness (QED) is 0.607. The first-order valence-electron chi connectivity index (χ1n) is 5.78. The second-order valence-corrected chi connectivity index (χ2v) is 4.23. The van der Waals surface area contributed by atoms with Gasteiger partial charge in [0, 0.05) is 13.2 Å². The Morgan fingerprint density at radius 1 is 1.35 bits per heavy atom. The zero-order valence-electron chi connectivity index (χ0n) is 9.89. The average Bonchev–Trinajstić information content (AvgIpc) is 2.91. The van der Waals surface area contributed by atoms with Crippen LogP contribution >= 0.6 is 0 Å². The number of rotatable bonds is 2. The number of carbonyl (C=O) groups is 2. The van der Waals surface area contributed by atoms with Gasteiger partial charge in [-0.05, 0) is 6.42 Å². The van der Waals surface area contributed by atoms with Gasteiger partial charge in [0.2, 0.25) is 5.91 Å². The van der Waals surface area contributed by atoms with Crippen LogP contribution in [0.5, 0.6) is 0 Å². The Hall–Kier alpha value is -1.14. The molecule has 0 aromatic carbocycles. The molecule has 2 heterocycles. The Morgan fingerprint density at radius 2 is 2.18 bits per heavy atom. The van der Waals surface area contributed by atoms with Gasteiger partial charge in [-0.3, -0.25) is 4.79 Å². The van der Waals surface area contributed by atoms with E-state index in [0.29, 0.717) is 26.4 Å². The molecule has 2 rings (SSSR count). The first-order chi connectivity index (χ1) is 8.22. The number of morpholine rings is 1. The first-order valence-corrected chi connectivity index (χ1v) is 5.78. The van der Waals surface area contributed by atoms with Crippen molar-refractivity contribution < 1.29 is 23.8 Å². The molecule has 0 aromatic heterocycles. The molecule has 0 N–H and O–H groups in total. The highest BCUT2D eigenvalue weighted by Crippen LogP contribution is 2.17. The lowest BCUT2D eigenvalue weighted by Crippen LogP contribution is -2.50. The molecule has 0 aromatic rings. The number of ether oxygens (including phenoxy) is 3. The second-order valence-electron chi connectivity index (χ2n) is 4.23. The maximum absolute atomic E-state index is 12.1. The molecule has 2 atom stereocenters. The predicted octanol–water partition coefficient (Wildman–Crippen LogP) is -0.577. The van der Waals surface area contributed by atoms with E-state index in [2.05, 4.69) is 4.74 Å². The second kappa shape index (κ2) is 5.46. The Kier molecular flexibility index (Phi) is 3.96. The summed E-state index contributed by atoms with van der Waals surface area (Å²) in [4.78, 5) is 25.1. The van der Waals surface area contributed by atoms with Gasteiger partial charge in [-0.25, -0.2) is 4.79 Å². The average molecular weight is 243 g/mol. The summed E-state index contributed by atoms with van der Waals surface area (Å²) in [6.45, 7) is 2.31. The number of esters is 1. The summed E-state index contributed by atoms with van der Waals surface area (Å²) in [7, 11) is 1.32. The van der Waals surface area contributed by atoms with Crippen molar-refractivity contribution in [1.82, 2.24) is 4.90 Å². The Morgan fingerprint density at radius 3 is 2.82 bits per heavy atom. The van der Waals surface area contributed by atoms with E-state index >= 15 is 0 Å². The summed E-state index contributed by atoms with van der Waals surface area (Å²) < 4.78 is 15.1. The van der Waals surface area contributed by atoms with E-state index in [1.165, 1.54) is 7.11 Å². The molecule has 2 fully saturated rings. The molecule has 0 radical (unpaired) electrons. The lowest BCUT2D eigenvalue weighted by atomic mass is 10.1. The maximum atomic E-state index is 12.1. The third-order valence-electron chi connectivity index (χ3n) is 3.12. The number of carbonyl (C=O) groups excluding carboxylic acids is 2. The van der Waals surface area contributed by atoms with Crippen LogP contribution in [0.2, 0.25) is 0 Å². The minimum Gasteiger partial charge on any atom is -0.467 e. The van der Waals surface area contributed by atoms with Crippen LogP contribution in [0.3, 0.4) is 0 Å². The molecular formula is C11H17NO5. The van der Waals surface area contributed by atoms with Crippen molar-refractivity contribution in [2.24, 2.45) is 5.92 Å². The van der Waals surface area contributed by atoms with Gasteiger partial charge in [-0.1, -0.05) is 0 Å². The summed E-state index contributed by atoms with van der Waals surface area (Å²) in [5.74, 6) is -0.434. The van der Waals surface area contributed by atoms with Gasteiger partial charge in [0.05, 0.1) is 32.8 Å². The van der Waals surface area contributed by atoms with E-state index in [0.717, 1.165) is 6.42 Å². The summed E-state index contributed by atoms with van der Waals surface area (Å²) in [6, 6.07) is 0. The van der Waals surface area contributed by atoms with Crippen molar-refractivity contribution >= 4 is 11.9 Å². The molecule has 0 aliphatic carbocycles. The lowest BCUT2D eigenvalue weighted by Gasteiger charge is -2.32. The minimum absolute atomic E-state index is 0.0553. The van der Waals surface area contributed by atoms with Crippen LogP contribution in [0.15, 0.2) is 0 Å². The molecule has 1 amide bonds. The number of hydrogen-bond acceptors (Lipinski definition) is 5. The van der Waals surface area contributed by atoms with Crippen LogP contribution in [0.1, 0.15) is 6.42 Å². The highest BCUT2D eigenvalue weighted by atomic mass is 16.6. The molecule has 2 unspecified atom stereocenters. The topological polar surface area (TPSA) is 65.1 Å². The van der Waals surface area contributed by atoms with Gasteiger partial charge in [-0.2, -0.15) is 0 Å². The van der Waals surface area contributed by atoms with E-state index in [9.17, 15) is 9.59 Å². The minimum atomic E-state index is -0.653. The molecule has 2 aliphatic rings. The molecule has 6 nitrogen and oxygen atoms in total. The van der Waals surface area contributed by atoms with E-state index in [-0.39, 0.29) is 18.4 Å². The predicted molar refractivity (Wildman–Crippen MR) is 57.3 cm³/mol. The molecule has 0 bridgehead atoms. The fourth-order valence-electron chi connectivity index (χ4n) is 2.11. The normalized spacial score (nSPS) is 29.1. The number of nitrogens with zero attached hydrogens (tertiary/aromatic N) is 1. The fraction of sp³-hybridized carbons (Fsp3) is 0.818. The zero-order chi connectivity index (χ0) is 12.3. The number of amides is 1. The number of methoxy groups -OCH3 is 1. The van der Waals surface area contributed by atoms with Gasteiger partial charge in [0.25, 0.3) is 0 Å². The third-order valence-corrected chi connectivity index (χ3v) is 3.12. The molecule has 0 saturated carbocycles.